The summed E-state index contributed by atoms with van der Waals surface area (Å²) in [4.78, 5) is 15.2. The number of amides is 1. The van der Waals surface area contributed by atoms with Crippen molar-refractivity contribution < 1.29 is 23.7 Å². The molecule has 0 aliphatic carbocycles. The molecule has 4 aromatic carbocycles. The minimum absolute atomic E-state index is 0.189. The van der Waals surface area contributed by atoms with E-state index in [0.717, 1.165) is 22.3 Å². The summed E-state index contributed by atoms with van der Waals surface area (Å²) < 4.78 is 25.4. The van der Waals surface area contributed by atoms with E-state index in [-0.39, 0.29) is 25.4 Å². The molecule has 210 valence electrons. The minimum atomic E-state index is -0.920. The second-order valence-electron chi connectivity index (χ2n) is 11.0. The van der Waals surface area contributed by atoms with Crippen LogP contribution in [0.1, 0.15) is 36.1 Å². The molecule has 2 heterocycles. The molecule has 6 nitrogen and oxygen atoms in total. The molecule has 2 fully saturated rings. The molecule has 6 rings (SSSR count). The van der Waals surface area contributed by atoms with Gasteiger partial charge < -0.3 is 18.9 Å². The van der Waals surface area contributed by atoms with Crippen LogP contribution < -0.4 is 0 Å². The molecule has 1 amide bonds. The Bertz CT molecular complexity index is 1330. The molecule has 0 saturated carbocycles. The van der Waals surface area contributed by atoms with Crippen molar-refractivity contribution in [2.24, 2.45) is 0 Å². The zero-order valence-corrected chi connectivity index (χ0v) is 23.4. The van der Waals surface area contributed by atoms with E-state index in [1.165, 1.54) is 0 Å². The molecule has 0 unspecified atom stereocenters. The van der Waals surface area contributed by atoms with Crippen LogP contribution in [0.2, 0.25) is 0 Å². The maximum atomic E-state index is 13.5. The molecule has 0 N–H and O–H groups in total. The number of fused-ring (bicyclic) bond motifs is 1. The molecule has 2 saturated heterocycles. The number of likely N-dealkylation sites (tertiary alicyclic amines) is 1. The lowest BCUT2D eigenvalue weighted by Gasteiger charge is -2.38. The third kappa shape index (κ3) is 5.51. The van der Waals surface area contributed by atoms with E-state index in [2.05, 4.69) is 36.4 Å². The van der Waals surface area contributed by atoms with Crippen LogP contribution in [0.5, 0.6) is 0 Å². The van der Waals surface area contributed by atoms with Crippen molar-refractivity contribution >= 4 is 6.09 Å². The van der Waals surface area contributed by atoms with Crippen LogP contribution in [0.15, 0.2) is 121 Å². The summed E-state index contributed by atoms with van der Waals surface area (Å²) in [6.45, 7) is 4.58. The quantitative estimate of drug-likeness (QED) is 0.234. The standard InChI is InChI=1S/C35H35NO5/c1-34(2)40-31-23-36(33(37)38-24-26-15-7-3-8-16-26)30(32(31)41-34)25-39-35(27-17-9-4-10-18-27,28-19-11-5-12-20-28)29-21-13-6-14-22-29/h3-22,30-32H,23-25H2,1-2H3/t30-,31-,32+/m0/s1. The Morgan fingerprint density at radius 2 is 1.27 bits per heavy atom. The third-order valence-corrected chi connectivity index (χ3v) is 7.83. The van der Waals surface area contributed by atoms with Crippen LogP contribution in [-0.4, -0.2) is 48.2 Å². The smallest absolute Gasteiger partial charge is 0.410 e. The zero-order chi connectivity index (χ0) is 28.3. The van der Waals surface area contributed by atoms with Gasteiger partial charge in [-0.05, 0) is 36.1 Å². The van der Waals surface area contributed by atoms with E-state index in [0.29, 0.717) is 6.54 Å². The number of nitrogens with zero attached hydrogens (tertiary/aromatic N) is 1. The summed E-state index contributed by atoms with van der Waals surface area (Å²) in [6.07, 6.45) is -1.04. The van der Waals surface area contributed by atoms with E-state index in [1.807, 2.05) is 98.8 Å². The van der Waals surface area contributed by atoms with Gasteiger partial charge in [-0.15, -0.1) is 0 Å². The number of carbonyl (C=O) groups is 1. The molecule has 3 atom stereocenters. The highest BCUT2D eigenvalue weighted by Gasteiger charge is 2.55. The van der Waals surface area contributed by atoms with Crippen LogP contribution in [0.4, 0.5) is 4.79 Å². The van der Waals surface area contributed by atoms with Gasteiger partial charge in [0.2, 0.25) is 0 Å². The van der Waals surface area contributed by atoms with Crippen LogP contribution in [0.25, 0.3) is 0 Å². The first-order valence-electron chi connectivity index (χ1n) is 14.1. The van der Waals surface area contributed by atoms with Crippen LogP contribution in [0.3, 0.4) is 0 Å². The lowest BCUT2D eigenvalue weighted by atomic mass is 9.80. The van der Waals surface area contributed by atoms with Crippen LogP contribution in [-0.2, 0) is 31.2 Å². The fourth-order valence-electron chi connectivity index (χ4n) is 6.01. The SMILES string of the molecule is CC1(C)O[C@H]2[C@H](CN(C(=O)OCc3ccccc3)[C@H]2COC(c2ccccc2)(c2ccccc2)c2ccccc2)O1. The number of ether oxygens (including phenoxy) is 4. The molecular formula is C35H35NO5. The van der Waals surface area contributed by atoms with Gasteiger partial charge in [0.1, 0.15) is 24.4 Å². The number of rotatable bonds is 8. The summed E-state index contributed by atoms with van der Waals surface area (Å²) in [7, 11) is 0. The van der Waals surface area contributed by atoms with Crippen molar-refractivity contribution in [3.8, 4) is 0 Å². The van der Waals surface area contributed by atoms with Crippen molar-refractivity contribution in [3.63, 3.8) is 0 Å². The predicted octanol–water partition coefficient (Wildman–Crippen LogP) is 6.54. The average molecular weight is 550 g/mol. The highest BCUT2D eigenvalue weighted by atomic mass is 16.8. The predicted molar refractivity (Wildman–Crippen MR) is 156 cm³/mol. The van der Waals surface area contributed by atoms with Crippen molar-refractivity contribution in [1.82, 2.24) is 4.90 Å². The zero-order valence-electron chi connectivity index (χ0n) is 23.4. The average Bonchev–Trinajstić information content (AvgIpc) is 3.50. The normalized spacial score (nSPS) is 21.4. The van der Waals surface area contributed by atoms with Gasteiger partial charge in [0.05, 0.1) is 19.2 Å². The third-order valence-electron chi connectivity index (χ3n) is 7.83. The number of hydrogen-bond donors (Lipinski definition) is 0. The Morgan fingerprint density at radius 3 is 1.78 bits per heavy atom. The molecule has 41 heavy (non-hydrogen) atoms. The Hall–Kier alpha value is -3.97. The Morgan fingerprint density at radius 1 is 0.780 bits per heavy atom. The molecule has 0 aromatic heterocycles. The van der Waals surface area contributed by atoms with Gasteiger partial charge in [-0.1, -0.05) is 121 Å². The number of hydrogen-bond acceptors (Lipinski definition) is 5. The van der Waals surface area contributed by atoms with Crippen LogP contribution in [0, 0.1) is 0 Å². The van der Waals surface area contributed by atoms with Gasteiger partial charge in [-0.2, -0.15) is 0 Å². The number of carbonyl (C=O) groups excluding carboxylic acids is 1. The lowest BCUT2D eigenvalue weighted by Crippen LogP contribution is -2.47. The van der Waals surface area contributed by atoms with Crippen LogP contribution >= 0.6 is 0 Å². The minimum Gasteiger partial charge on any atom is -0.445 e. The van der Waals surface area contributed by atoms with Gasteiger partial charge in [-0.3, -0.25) is 4.90 Å². The van der Waals surface area contributed by atoms with E-state index in [4.69, 9.17) is 18.9 Å². The molecular weight excluding hydrogens is 514 g/mol. The first kappa shape index (κ1) is 27.2. The Labute approximate surface area is 241 Å². The molecule has 6 heteroatoms. The second-order valence-corrected chi connectivity index (χ2v) is 11.0. The van der Waals surface area contributed by atoms with E-state index in [9.17, 15) is 4.79 Å². The van der Waals surface area contributed by atoms with Crippen molar-refractivity contribution in [1.29, 1.82) is 0 Å². The van der Waals surface area contributed by atoms with Gasteiger partial charge in [-0.25, -0.2) is 4.79 Å². The van der Waals surface area contributed by atoms with E-state index < -0.39 is 23.5 Å². The molecule has 2 aliphatic heterocycles. The fraction of sp³-hybridized carbons (Fsp3) is 0.286. The summed E-state index contributed by atoms with van der Waals surface area (Å²) in [6, 6.07) is 39.9. The molecule has 2 aliphatic rings. The highest BCUT2D eigenvalue weighted by molar-refractivity contribution is 5.69. The molecule has 0 bridgehead atoms. The van der Waals surface area contributed by atoms with E-state index in [1.54, 1.807) is 4.90 Å². The maximum Gasteiger partial charge on any atom is 0.410 e. The van der Waals surface area contributed by atoms with Crippen molar-refractivity contribution in [2.75, 3.05) is 13.2 Å². The number of benzene rings is 4. The van der Waals surface area contributed by atoms with Gasteiger partial charge in [0, 0.05) is 0 Å². The Balaban J connectivity index is 1.35. The molecule has 0 spiro atoms. The van der Waals surface area contributed by atoms with E-state index >= 15 is 0 Å². The summed E-state index contributed by atoms with van der Waals surface area (Å²) in [5, 5.41) is 0. The monoisotopic (exact) mass is 549 g/mol. The highest BCUT2D eigenvalue weighted by Crippen LogP contribution is 2.43. The summed E-state index contributed by atoms with van der Waals surface area (Å²) in [5.41, 5.74) is 2.99. The first-order valence-corrected chi connectivity index (χ1v) is 14.1. The van der Waals surface area contributed by atoms with Gasteiger partial charge in [0.25, 0.3) is 0 Å². The van der Waals surface area contributed by atoms with Crippen molar-refractivity contribution in [2.45, 2.75) is 50.1 Å². The Kier molecular flexibility index (Phi) is 7.63. The lowest BCUT2D eigenvalue weighted by molar-refractivity contribution is -0.164. The van der Waals surface area contributed by atoms with Gasteiger partial charge >= 0.3 is 6.09 Å². The topological polar surface area (TPSA) is 57.2 Å². The molecule has 0 radical (unpaired) electrons. The fourth-order valence-corrected chi connectivity index (χ4v) is 6.01. The van der Waals surface area contributed by atoms with Crippen molar-refractivity contribution in [3.05, 3.63) is 144 Å². The first-order chi connectivity index (χ1) is 20.0. The second kappa shape index (κ2) is 11.5. The molecule has 4 aromatic rings. The maximum absolute atomic E-state index is 13.5. The summed E-state index contributed by atoms with van der Waals surface area (Å²) in [5.74, 6) is -0.747. The summed E-state index contributed by atoms with van der Waals surface area (Å²) >= 11 is 0. The largest absolute Gasteiger partial charge is 0.445 e. The van der Waals surface area contributed by atoms with Gasteiger partial charge in [0.15, 0.2) is 5.79 Å².